The third-order valence-corrected chi connectivity index (χ3v) is 6.86. The third-order valence-electron chi connectivity index (χ3n) is 6.09. The lowest BCUT2D eigenvalue weighted by atomic mass is 10.00. The van der Waals surface area contributed by atoms with Gasteiger partial charge in [0.2, 0.25) is 10.0 Å². The Labute approximate surface area is 204 Å². The number of aryl methyl sites for hydroxylation is 2. The van der Waals surface area contributed by atoms with Gasteiger partial charge in [-0.3, -0.25) is 4.79 Å². The summed E-state index contributed by atoms with van der Waals surface area (Å²) in [6.45, 7) is 10.1. The zero-order valence-electron chi connectivity index (χ0n) is 20.6. The highest BCUT2D eigenvalue weighted by molar-refractivity contribution is 7.89. The van der Waals surface area contributed by atoms with E-state index >= 15 is 0 Å². The Morgan fingerprint density at radius 3 is 2.37 bits per heavy atom. The molecule has 35 heavy (non-hydrogen) atoms. The van der Waals surface area contributed by atoms with E-state index in [2.05, 4.69) is 10.2 Å². The normalized spacial score (nSPS) is 12.2. The number of sulfonamides is 1. The molecule has 0 saturated carbocycles. The lowest BCUT2D eigenvalue weighted by Crippen LogP contribution is -2.19. The van der Waals surface area contributed by atoms with Gasteiger partial charge in [0.25, 0.3) is 0 Å². The van der Waals surface area contributed by atoms with Gasteiger partial charge in [0, 0.05) is 23.7 Å². The molecule has 0 aliphatic carbocycles. The largest absolute Gasteiger partial charge is 0.344 e. The maximum Gasteiger partial charge on any atom is 0.209 e. The maximum absolute atomic E-state index is 13.7. The van der Waals surface area contributed by atoms with E-state index < -0.39 is 10.0 Å². The highest BCUT2D eigenvalue weighted by Gasteiger charge is 2.18. The fourth-order valence-corrected chi connectivity index (χ4v) is 4.69. The number of primary sulfonamides is 1. The Bertz CT molecular complexity index is 1570. The van der Waals surface area contributed by atoms with Crippen molar-refractivity contribution in [3.05, 3.63) is 64.2 Å². The number of rotatable bonds is 7. The van der Waals surface area contributed by atoms with Crippen LogP contribution in [0.2, 0.25) is 0 Å². The monoisotopic (exact) mass is 494 g/mol. The van der Waals surface area contributed by atoms with Crippen molar-refractivity contribution in [2.45, 2.75) is 53.1 Å². The summed E-state index contributed by atoms with van der Waals surface area (Å²) < 4.78 is 27.0. The Morgan fingerprint density at radius 2 is 1.71 bits per heavy atom. The van der Waals surface area contributed by atoms with Crippen LogP contribution in [0.5, 0.6) is 0 Å². The van der Waals surface area contributed by atoms with E-state index in [-0.39, 0.29) is 29.7 Å². The van der Waals surface area contributed by atoms with Gasteiger partial charge in [0.05, 0.1) is 22.5 Å². The standard InChI is InChI=1S/C25H30N6O3S/c1-15(2)30-13-20(21-7-6-8-22(28-21)25-29-27-14-31(25)16(3)4)24(32)19-12-18(9-10-35(26,33)34)17(5)11-23(19)30/h6-8,11-16H,9-10H2,1-5H3,(H2,26,33,34). The van der Waals surface area contributed by atoms with Gasteiger partial charge in [0.15, 0.2) is 11.3 Å². The summed E-state index contributed by atoms with van der Waals surface area (Å²) in [6, 6.07) is 9.48. The first-order valence-corrected chi connectivity index (χ1v) is 13.2. The minimum absolute atomic E-state index is 0.0822. The second-order valence-electron chi connectivity index (χ2n) is 9.35. The van der Waals surface area contributed by atoms with E-state index in [1.54, 1.807) is 12.4 Å². The highest BCUT2D eigenvalue weighted by Crippen LogP contribution is 2.27. The first-order valence-electron chi connectivity index (χ1n) is 11.5. The van der Waals surface area contributed by atoms with Gasteiger partial charge in [0.1, 0.15) is 12.0 Å². The predicted molar refractivity (Wildman–Crippen MR) is 138 cm³/mol. The SMILES string of the molecule is Cc1cc2c(cc1CCS(N)(=O)=O)c(=O)c(-c1cccc(-c3nncn3C(C)C)n1)cn2C(C)C. The third kappa shape index (κ3) is 5.03. The Morgan fingerprint density at radius 1 is 1.03 bits per heavy atom. The molecule has 0 aliphatic rings. The highest BCUT2D eigenvalue weighted by atomic mass is 32.2. The second kappa shape index (κ2) is 9.35. The smallest absolute Gasteiger partial charge is 0.209 e. The van der Waals surface area contributed by atoms with Crippen molar-refractivity contribution in [3.63, 3.8) is 0 Å². The van der Waals surface area contributed by atoms with Gasteiger partial charge in [-0.2, -0.15) is 0 Å². The molecule has 4 rings (SSSR count). The van der Waals surface area contributed by atoms with Crippen LogP contribution in [-0.2, 0) is 16.4 Å². The summed E-state index contributed by atoms with van der Waals surface area (Å²) in [5.41, 5.74) is 3.95. The molecule has 0 amide bonds. The zero-order chi connectivity index (χ0) is 25.5. The minimum Gasteiger partial charge on any atom is -0.344 e. The predicted octanol–water partition coefficient (Wildman–Crippen LogP) is 3.62. The quantitative estimate of drug-likeness (QED) is 0.418. The number of hydrogen-bond donors (Lipinski definition) is 1. The molecular weight excluding hydrogens is 464 g/mol. The van der Waals surface area contributed by atoms with Crippen LogP contribution in [-0.4, -0.2) is 38.5 Å². The Balaban J connectivity index is 1.91. The van der Waals surface area contributed by atoms with E-state index in [1.807, 2.05) is 74.2 Å². The maximum atomic E-state index is 13.7. The average Bonchev–Trinajstić information content (AvgIpc) is 3.28. The molecular formula is C25H30N6O3S. The van der Waals surface area contributed by atoms with Gasteiger partial charge in [-0.05, 0) is 76.4 Å². The van der Waals surface area contributed by atoms with Gasteiger partial charge < -0.3 is 9.13 Å². The summed E-state index contributed by atoms with van der Waals surface area (Å²) >= 11 is 0. The van der Waals surface area contributed by atoms with Crippen molar-refractivity contribution < 1.29 is 8.42 Å². The number of hydrogen-bond acceptors (Lipinski definition) is 6. The molecule has 9 nitrogen and oxygen atoms in total. The molecule has 2 N–H and O–H groups in total. The number of fused-ring (bicyclic) bond motifs is 1. The first-order chi connectivity index (χ1) is 16.5. The van der Waals surface area contributed by atoms with Crippen LogP contribution in [0.4, 0.5) is 0 Å². The number of pyridine rings is 2. The van der Waals surface area contributed by atoms with Crippen LogP contribution in [0.3, 0.4) is 0 Å². The molecule has 184 valence electrons. The van der Waals surface area contributed by atoms with Crippen molar-refractivity contribution in [2.75, 3.05) is 5.75 Å². The number of nitrogens with zero attached hydrogens (tertiary/aromatic N) is 5. The van der Waals surface area contributed by atoms with E-state index in [1.165, 1.54) is 0 Å². The lowest BCUT2D eigenvalue weighted by Gasteiger charge is -2.19. The molecule has 1 aromatic carbocycles. The van der Waals surface area contributed by atoms with Gasteiger partial charge >= 0.3 is 0 Å². The molecule has 0 unspecified atom stereocenters. The summed E-state index contributed by atoms with van der Waals surface area (Å²) in [6.07, 6.45) is 3.75. The summed E-state index contributed by atoms with van der Waals surface area (Å²) in [7, 11) is -3.62. The molecule has 0 atom stereocenters. The Kier molecular flexibility index (Phi) is 6.61. The van der Waals surface area contributed by atoms with Crippen molar-refractivity contribution in [1.29, 1.82) is 0 Å². The fraction of sp³-hybridized carbons (Fsp3) is 0.360. The molecule has 3 aromatic heterocycles. The summed E-state index contributed by atoms with van der Waals surface area (Å²) in [5.74, 6) is 0.449. The zero-order valence-corrected chi connectivity index (χ0v) is 21.4. The van der Waals surface area contributed by atoms with Crippen molar-refractivity contribution in [1.82, 2.24) is 24.3 Å². The topological polar surface area (TPSA) is 126 Å². The molecule has 0 aliphatic heterocycles. The minimum atomic E-state index is -3.62. The Hall–Kier alpha value is -3.37. The molecule has 4 aromatic rings. The number of benzene rings is 1. The van der Waals surface area contributed by atoms with E-state index in [0.717, 1.165) is 16.6 Å². The summed E-state index contributed by atoms with van der Waals surface area (Å²) in [5, 5.41) is 14.0. The van der Waals surface area contributed by atoms with Gasteiger partial charge in [-0.25, -0.2) is 18.5 Å². The van der Waals surface area contributed by atoms with E-state index in [0.29, 0.717) is 28.2 Å². The summed E-state index contributed by atoms with van der Waals surface area (Å²) in [4.78, 5) is 18.5. The fourth-order valence-electron chi connectivity index (χ4n) is 4.19. The molecule has 0 fully saturated rings. The van der Waals surface area contributed by atoms with Crippen LogP contribution >= 0.6 is 0 Å². The van der Waals surface area contributed by atoms with E-state index in [9.17, 15) is 13.2 Å². The molecule has 0 spiro atoms. The average molecular weight is 495 g/mol. The van der Waals surface area contributed by atoms with Crippen LogP contribution in [0, 0.1) is 6.92 Å². The van der Waals surface area contributed by atoms with Crippen molar-refractivity contribution >= 4 is 20.9 Å². The second-order valence-corrected chi connectivity index (χ2v) is 11.1. The number of aromatic nitrogens is 5. The van der Waals surface area contributed by atoms with E-state index in [4.69, 9.17) is 10.1 Å². The first kappa shape index (κ1) is 24.7. The van der Waals surface area contributed by atoms with Crippen molar-refractivity contribution in [3.8, 4) is 22.8 Å². The molecule has 0 bridgehead atoms. The van der Waals surface area contributed by atoms with Crippen LogP contribution in [0.25, 0.3) is 33.7 Å². The molecule has 0 radical (unpaired) electrons. The molecule has 3 heterocycles. The number of nitrogens with two attached hydrogens (primary N) is 1. The molecule has 10 heteroatoms. The van der Waals surface area contributed by atoms with Gasteiger partial charge in [-0.15, -0.1) is 10.2 Å². The lowest BCUT2D eigenvalue weighted by molar-refractivity contribution is 0.597. The van der Waals surface area contributed by atoms with Crippen LogP contribution in [0.1, 0.15) is 50.9 Å². The van der Waals surface area contributed by atoms with Crippen LogP contribution in [0.15, 0.2) is 47.7 Å². The van der Waals surface area contributed by atoms with Crippen molar-refractivity contribution in [2.24, 2.45) is 5.14 Å². The molecule has 0 saturated heterocycles. The van der Waals surface area contributed by atoms with Crippen LogP contribution < -0.4 is 10.6 Å². The van der Waals surface area contributed by atoms with Gasteiger partial charge in [-0.1, -0.05) is 6.07 Å².